The Balaban J connectivity index is 1.72. The van der Waals surface area contributed by atoms with Crippen molar-refractivity contribution in [2.24, 2.45) is 0 Å². The molecule has 0 unspecified atom stereocenters. The molecule has 0 bridgehead atoms. The SMILES string of the molecule is C[C@@H](Sc1ncc(-c2ccc(F)cc2)o1)c1nnc(C(F)(F)F)o1. The summed E-state index contributed by atoms with van der Waals surface area (Å²) >= 11 is 1.02. The van der Waals surface area contributed by atoms with E-state index in [2.05, 4.69) is 19.6 Å². The van der Waals surface area contributed by atoms with Crippen LogP contribution in [0.5, 0.6) is 0 Å². The minimum absolute atomic E-state index is 0.186. The summed E-state index contributed by atoms with van der Waals surface area (Å²) in [7, 11) is 0. The summed E-state index contributed by atoms with van der Waals surface area (Å²) in [6.07, 6.45) is -3.24. The standard InChI is InChI=1S/C14H9F4N3O2S/c1-7(11-20-21-12(23-11)14(16,17)18)24-13-19-6-10(22-13)8-2-4-9(15)5-3-8/h2-7H,1H3/t7-/m1/s1. The highest BCUT2D eigenvalue weighted by molar-refractivity contribution is 7.99. The molecule has 0 N–H and O–H groups in total. The van der Waals surface area contributed by atoms with Crippen molar-refractivity contribution in [2.75, 3.05) is 0 Å². The van der Waals surface area contributed by atoms with Gasteiger partial charge in [0.25, 0.3) is 5.22 Å². The quantitative estimate of drug-likeness (QED) is 0.495. The molecule has 0 amide bonds. The molecule has 5 nitrogen and oxygen atoms in total. The molecule has 0 aliphatic carbocycles. The van der Waals surface area contributed by atoms with Crippen molar-refractivity contribution in [3.63, 3.8) is 0 Å². The molecular weight excluding hydrogens is 350 g/mol. The zero-order valence-corrected chi connectivity index (χ0v) is 12.9. The summed E-state index contributed by atoms with van der Waals surface area (Å²) in [5.41, 5.74) is 0.626. The van der Waals surface area contributed by atoms with Crippen LogP contribution < -0.4 is 0 Å². The molecule has 24 heavy (non-hydrogen) atoms. The molecule has 0 radical (unpaired) electrons. The largest absolute Gasteiger partial charge is 0.470 e. The molecular formula is C14H9F4N3O2S. The van der Waals surface area contributed by atoms with Crippen molar-refractivity contribution in [1.82, 2.24) is 15.2 Å². The molecule has 0 saturated carbocycles. The molecule has 0 fully saturated rings. The van der Waals surface area contributed by atoms with Crippen molar-refractivity contribution in [3.8, 4) is 11.3 Å². The molecule has 3 rings (SSSR count). The van der Waals surface area contributed by atoms with Gasteiger partial charge < -0.3 is 8.83 Å². The fraction of sp³-hybridized carbons (Fsp3) is 0.214. The maximum absolute atomic E-state index is 12.9. The van der Waals surface area contributed by atoms with Crippen molar-refractivity contribution < 1.29 is 26.4 Å². The van der Waals surface area contributed by atoms with Crippen LogP contribution in [0.15, 0.2) is 44.5 Å². The molecule has 0 spiro atoms. The summed E-state index contributed by atoms with van der Waals surface area (Å²) < 4.78 is 60.4. The van der Waals surface area contributed by atoms with Gasteiger partial charge in [0.05, 0.1) is 11.4 Å². The third kappa shape index (κ3) is 3.58. The average Bonchev–Trinajstić information content (AvgIpc) is 3.16. The zero-order chi connectivity index (χ0) is 17.3. The molecule has 2 heterocycles. The van der Waals surface area contributed by atoms with Crippen molar-refractivity contribution in [3.05, 3.63) is 48.1 Å². The zero-order valence-electron chi connectivity index (χ0n) is 12.0. The number of alkyl halides is 3. The molecule has 1 atom stereocenters. The topological polar surface area (TPSA) is 65.0 Å². The summed E-state index contributed by atoms with van der Waals surface area (Å²) in [4.78, 5) is 4.03. The monoisotopic (exact) mass is 359 g/mol. The highest BCUT2D eigenvalue weighted by atomic mass is 32.2. The maximum Gasteiger partial charge on any atom is 0.470 e. The first-order valence-electron chi connectivity index (χ1n) is 6.62. The Kier molecular flexibility index (Phi) is 4.31. The summed E-state index contributed by atoms with van der Waals surface area (Å²) in [6, 6.07) is 5.62. The first-order chi connectivity index (χ1) is 11.3. The van der Waals surface area contributed by atoms with Crippen LogP contribution in [0.1, 0.15) is 24.0 Å². The van der Waals surface area contributed by atoms with Gasteiger partial charge in [-0.15, -0.1) is 10.2 Å². The maximum atomic E-state index is 12.9. The van der Waals surface area contributed by atoms with Crippen LogP contribution in [-0.4, -0.2) is 15.2 Å². The summed E-state index contributed by atoms with van der Waals surface area (Å²) in [5.74, 6) is -1.55. The Morgan fingerprint density at radius 1 is 1.08 bits per heavy atom. The third-order valence-electron chi connectivity index (χ3n) is 2.92. The van der Waals surface area contributed by atoms with Crippen LogP contribution in [0.25, 0.3) is 11.3 Å². The minimum Gasteiger partial charge on any atom is -0.431 e. The van der Waals surface area contributed by atoms with Crippen molar-refractivity contribution >= 4 is 11.8 Å². The van der Waals surface area contributed by atoms with E-state index < -0.39 is 17.3 Å². The smallest absolute Gasteiger partial charge is 0.431 e. The third-order valence-corrected chi connectivity index (χ3v) is 3.87. The van der Waals surface area contributed by atoms with E-state index in [0.717, 1.165) is 11.8 Å². The second-order valence-electron chi connectivity index (χ2n) is 4.70. The molecule has 0 aliphatic heterocycles. The number of benzene rings is 1. The Morgan fingerprint density at radius 2 is 1.79 bits per heavy atom. The molecule has 1 aromatic carbocycles. The van der Waals surface area contributed by atoms with Crippen molar-refractivity contribution in [1.29, 1.82) is 0 Å². The highest BCUT2D eigenvalue weighted by Crippen LogP contribution is 2.37. The molecule has 0 aliphatic rings. The van der Waals surface area contributed by atoms with Crippen LogP contribution in [0.2, 0.25) is 0 Å². The second-order valence-corrected chi connectivity index (χ2v) is 5.99. The van der Waals surface area contributed by atoms with E-state index in [0.29, 0.717) is 11.3 Å². The number of aromatic nitrogens is 3. The van der Waals surface area contributed by atoms with Gasteiger partial charge in [0.1, 0.15) is 5.82 Å². The first-order valence-corrected chi connectivity index (χ1v) is 7.50. The van der Waals surface area contributed by atoms with Gasteiger partial charge in [-0.1, -0.05) is 11.8 Å². The average molecular weight is 359 g/mol. The number of nitrogens with zero attached hydrogens (tertiary/aromatic N) is 3. The predicted octanol–water partition coefficient (Wildman–Crippen LogP) is 4.74. The molecule has 3 aromatic rings. The second kappa shape index (κ2) is 6.27. The molecule has 126 valence electrons. The van der Waals surface area contributed by atoms with E-state index in [9.17, 15) is 17.6 Å². The van der Waals surface area contributed by atoms with Crippen LogP contribution in [0.3, 0.4) is 0 Å². The normalized spacial score (nSPS) is 13.2. The molecule has 2 aromatic heterocycles. The van der Waals surface area contributed by atoms with E-state index in [1.807, 2.05) is 0 Å². The van der Waals surface area contributed by atoms with Gasteiger partial charge in [-0.25, -0.2) is 9.37 Å². The number of thioether (sulfide) groups is 1. The van der Waals surface area contributed by atoms with E-state index in [4.69, 9.17) is 4.42 Å². The Bertz CT molecular complexity index is 829. The van der Waals surface area contributed by atoms with E-state index in [-0.39, 0.29) is 16.9 Å². The van der Waals surface area contributed by atoms with Crippen LogP contribution in [-0.2, 0) is 6.18 Å². The van der Waals surface area contributed by atoms with E-state index in [1.165, 1.54) is 30.5 Å². The Hall–Kier alpha value is -2.36. The molecule has 0 saturated heterocycles. The van der Waals surface area contributed by atoms with Gasteiger partial charge in [0.15, 0.2) is 5.76 Å². The fourth-order valence-corrected chi connectivity index (χ4v) is 2.53. The number of halogens is 4. The summed E-state index contributed by atoms with van der Waals surface area (Å²) in [5, 5.41) is 5.98. The summed E-state index contributed by atoms with van der Waals surface area (Å²) in [6.45, 7) is 1.58. The van der Waals surface area contributed by atoms with E-state index in [1.54, 1.807) is 6.92 Å². The number of rotatable bonds is 4. The number of hydrogen-bond donors (Lipinski definition) is 0. The lowest BCUT2D eigenvalue weighted by Gasteiger charge is -2.03. The lowest BCUT2D eigenvalue weighted by molar-refractivity contribution is -0.157. The van der Waals surface area contributed by atoms with Crippen LogP contribution >= 0.6 is 11.8 Å². The number of hydrogen-bond acceptors (Lipinski definition) is 6. The molecule has 10 heteroatoms. The van der Waals surface area contributed by atoms with Gasteiger partial charge in [-0.05, 0) is 31.2 Å². The van der Waals surface area contributed by atoms with Crippen molar-refractivity contribution in [2.45, 2.75) is 23.6 Å². The van der Waals surface area contributed by atoms with E-state index >= 15 is 0 Å². The fourth-order valence-electron chi connectivity index (χ4n) is 1.78. The Labute approximate surface area is 137 Å². The van der Waals surface area contributed by atoms with Crippen LogP contribution in [0.4, 0.5) is 17.6 Å². The first kappa shape index (κ1) is 16.5. The lowest BCUT2D eigenvalue weighted by Crippen LogP contribution is -2.04. The van der Waals surface area contributed by atoms with Crippen LogP contribution in [0, 0.1) is 5.82 Å². The van der Waals surface area contributed by atoms with Gasteiger partial charge in [-0.3, -0.25) is 0 Å². The lowest BCUT2D eigenvalue weighted by atomic mass is 10.2. The minimum atomic E-state index is -4.69. The predicted molar refractivity (Wildman–Crippen MR) is 75.5 cm³/mol. The Morgan fingerprint density at radius 3 is 2.42 bits per heavy atom. The highest BCUT2D eigenvalue weighted by Gasteiger charge is 2.38. The van der Waals surface area contributed by atoms with Gasteiger partial charge in [0, 0.05) is 5.56 Å². The van der Waals surface area contributed by atoms with Gasteiger partial charge in [-0.2, -0.15) is 13.2 Å². The number of oxazole rings is 1. The van der Waals surface area contributed by atoms with Gasteiger partial charge >= 0.3 is 12.1 Å². The van der Waals surface area contributed by atoms with Gasteiger partial charge in [0.2, 0.25) is 5.89 Å².